The summed E-state index contributed by atoms with van der Waals surface area (Å²) in [6.07, 6.45) is 1.13. The third kappa shape index (κ3) is 3.02. The first kappa shape index (κ1) is 13.3. The number of hydrogen-bond donors (Lipinski definition) is 0. The fraction of sp³-hybridized carbons (Fsp3) is 0.500. The van der Waals surface area contributed by atoms with E-state index in [1.54, 1.807) is 4.90 Å². The first-order chi connectivity index (χ1) is 8.45. The maximum Gasteiger partial charge on any atom is 0.254 e. The number of hydrogen-bond acceptors (Lipinski definition) is 1. The van der Waals surface area contributed by atoms with Crippen molar-refractivity contribution >= 4 is 17.5 Å². The van der Waals surface area contributed by atoms with Crippen LogP contribution in [-0.4, -0.2) is 23.9 Å². The summed E-state index contributed by atoms with van der Waals surface area (Å²) in [5, 5.41) is 0.261. The van der Waals surface area contributed by atoms with E-state index in [9.17, 15) is 9.18 Å². The van der Waals surface area contributed by atoms with E-state index in [4.69, 9.17) is 11.6 Å². The Bertz CT molecular complexity index is 433. The average molecular weight is 270 g/mol. The van der Waals surface area contributed by atoms with Gasteiger partial charge in [-0.2, -0.15) is 0 Å². The predicted molar refractivity (Wildman–Crippen MR) is 70.3 cm³/mol. The summed E-state index contributed by atoms with van der Waals surface area (Å²) in [5.41, 5.74) is 0.335. The molecule has 1 fully saturated rings. The largest absolute Gasteiger partial charge is 0.338 e. The molecular weight excluding hydrogens is 253 g/mol. The van der Waals surface area contributed by atoms with Crippen molar-refractivity contribution in [2.75, 3.05) is 13.1 Å². The second-order valence-electron chi connectivity index (χ2n) is 5.31. The van der Waals surface area contributed by atoms with Crippen LogP contribution in [0.1, 0.15) is 30.6 Å². The number of likely N-dealkylation sites (tertiary alicyclic amines) is 1. The molecule has 1 aromatic rings. The third-order valence-electron chi connectivity index (χ3n) is 3.27. The van der Waals surface area contributed by atoms with Crippen LogP contribution in [0.2, 0.25) is 5.02 Å². The summed E-state index contributed by atoms with van der Waals surface area (Å²) in [4.78, 5) is 14.1. The van der Waals surface area contributed by atoms with Crippen molar-refractivity contribution < 1.29 is 9.18 Å². The van der Waals surface area contributed by atoms with Crippen LogP contribution in [0.3, 0.4) is 0 Å². The Morgan fingerprint density at radius 1 is 1.28 bits per heavy atom. The quantitative estimate of drug-likeness (QED) is 0.763. The first-order valence-electron chi connectivity index (χ1n) is 6.21. The van der Waals surface area contributed by atoms with Gasteiger partial charge in [-0.05, 0) is 36.5 Å². The summed E-state index contributed by atoms with van der Waals surface area (Å²) in [7, 11) is 0. The molecular formula is C14H17ClFNO. The first-order valence-corrected chi connectivity index (χ1v) is 6.59. The van der Waals surface area contributed by atoms with E-state index >= 15 is 0 Å². The monoisotopic (exact) mass is 269 g/mol. The molecule has 0 aromatic heterocycles. The van der Waals surface area contributed by atoms with Crippen molar-refractivity contribution in [1.29, 1.82) is 0 Å². The standard InChI is InChI=1S/C14H17ClFNO/c1-9-3-10(2)8-17(7-9)14(18)11-4-12(15)6-13(16)5-11/h4-6,9-10H,3,7-8H2,1-2H3. The topological polar surface area (TPSA) is 20.3 Å². The Morgan fingerprint density at radius 2 is 1.89 bits per heavy atom. The van der Waals surface area contributed by atoms with E-state index in [0.717, 1.165) is 19.5 Å². The molecule has 1 heterocycles. The molecule has 2 rings (SSSR count). The second kappa shape index (κ2) is 5.27. The lowest BCUT2D eigenvalue weighted by Gasteiger charge is -2.35. The SMILES string of the molecule is CC1CC(C)CN(C(=O)c2cc(F)cc(Cl)c2)C1. The van der Waals surface area contributed by atoms with Gasteiger partial charge in [0.25, 0.3) is 5.91 Å². The number of rotatable bonds is 1. The zero-order chi connectivity index (χ0) is 13.3. The molecule has 1 aliphatic heterocycles. The molecule has 2 unspecified atom stereocenters. The van der Waals surface area contributed by atoms with Gasteiger partial charge >= 0.3 is 0 Å². The van der Waals surface area contributed by atoms with Gasteiger partial charge in [0.15, 0.2) is 0 Å². The summed E-state index contributed by atoms with van der Waals surface area (Å²) in [5.74, 6) is 0.377. The highest BCUT2D eigenvalue weighted by atomic mass is 35.5. The van der Waals surface area contributed by atoms with Crippen LogP contribution in [0.15, 0.2) is 18.2 Å². The van der Waals surface area contributed by atoms with Crippen LogP contribution in [0.25, 0.3) is 0 Å². The Kier molecular flexibility index (Phi) is 3.91. The fourth-order valence-corrected chi connectivity index (χ4v) is 2.91. The smallest absolute Gasteiger partial charge is 0.254 e. The summed E-state index contributed by atoms with van der Waals surface area (Å²) in [6.45, 7) is 5.73. The molecule has 4 heteroatoms. The van der Waals surface area contributed by atoms with Crippen LogP contribution in [-0.2, 0) is 0 Å². The molecule has 18 heavy (non-hydrogen) atoms. The number of halogens is 2. The van der Waals surface area contributed by atoms with E-state index < -0.39 is 5.82 Å². The Labute approximate surface area is 112 Å². The lowest BCUT2D eigenvalue weighted by molar-refractivity contribution is 0.0622. The van der Waals surface area contributed by atoms with Gasteiger partial charge in [-0.15, -0.1) is 0 Å². The highest BCUT2D eigenvalue weighted by molar-refractivity contribution is 6.31. The van der Waals surface area contributed by atoms with Gasteiger partial charge in [0.2, 0.25) is 0 Å². The molecule has 0 saturated carbocycles. The van der Waals surface area contributed by atoms with E-state index in [2.05, 4.69) is 13.8 Å². The zero-order valence-corrected chi connectivity index (χ0v) is 11.4. The number of piperidine rings is 1. The van der Waals surface area contributed by atoms with Gasteiger partial charge in [-0.25, -0.2) is 4.39 Å². The maximum atomic E-state index is 13.3. The Balaban J connectivity index is 2.20. The highest BCUT2D eigenvalue weighted by Crippen LogP contribution is 2.23. The van der Waals surface area contributed by atoms with Crippen molar-refractivity contribution in [2.24, 2.45) is 11.8 Å². The average Bonchev–Trinajstić information content (AvgIpc) is 2.25. The van der Waals surface area contributed by atoms with E-state index in [1.165, 1.54) is 18.2 Å². The number of nitrogens with zero attached hydrogens (tertiary/aromatic N) is 1. The molecule has 0 radical (unpaired) electrons. The van der Waals surface area contributed by atoms with Gasteiger partial charge in [-0.3, -0.25) is 4.79 Å². The lowest BCUT2D eigenvalue weighted by Crippen LogP contribution is -2.42. The van der Waals surface area contributed by atoms with Crippen LogP contribution < -0.4 is 0 Å². The number of amides is 1. The molecule has 0 aliphatic carbocycles. The van der Waals surface area contributed by atoms with Crippen LogP contribution in [0.4, 0.5) is 4.39 Å². The summed E-state index contributed by atoms with van der Waals surface area (Å²) >= 11 is 5.78. The van der Waals surface area contributed by atoms with Crippen LogP contribution in [0, 0.1) is 17.7 Å². The highest BCUT2D eigenvalue weighted by Gasteiger charge is 2.26. The van der Waals surface area contributed by atoms with Gasteiger partial charge < -0.3 is 4.90 Å². The minimum Gasteiger partial charge on any atom is -0.338 e. The van der Waals surface area contributed by atoms with Crippen LogP contribution >= 0.6 is 11.6 Å². The van der Waals surface area contributed by atoms with Gasteiger partial charge in [0.1, 0.15) is 5.82 Å². The molecule has 1 amide bonds. The van der Waals surface area contributed by atoms with E-state index in [1.807, 2.05) is 0 Å². The van der Waals surface area contributed by atoms with Crippen LogP contribution in [0.5, 0.6) is 0 Å². The Hall–Kier alpha value is -1.09. The Morgan fingerprint density at radius 3 is 2.44 bits per heavy atom. The zero-order valence-electron chi connectivity index (χ0n) is 10.6. The summed E-state index contributed by atoms with van der Waals surface area (Å²) < 4.78 is 13.3. The molecule has 0 N–H and O–H groups in total. The predicted octanol–water partition coefficient (Wildman–Crippen LogP) is 3.60. The minimum atomic E-state index is -0.469. The normalized spacial score (nSPS) is 24.1. The van der Waals surface area contributed by atoms with E-state index in [0.29, 0.717) is 17.4 Å². The molecule has 2 nitrogen and oxygen atoms in total. The van der Waals surface area contributed by atoms with Gasteiger partial charge in [0, 0.05) is 23.7 Å². The minimum absolute atomic E-state index is 0.130. The van der Waals surface area contributed by atoms with Crippen molar-refractivity contribution in [2.45, 2.75) is 20.3 Å². The molecule has 1 aliphatic rings. The van der Waals surface area contributed by atoms with Gasteiger partial charge in [0.05, 0.1) is 0 Å². The van der Waals surface area contributed by atoms with Crippen molar-refractivity contribution in [3.63, 3.8) is 0 Å². The van der Waals surface area contributed by atoms with Crippen molar-refractivity contribution in [3.8, 4) is 0 Å². The second-order valence-corrected chi connectivity index (χ2v) is 5.75. The summed E-state index contributed by atoms with van der Waals surface area (Å²) in [6, 6.07) is 3.98. The molecule has 2 atom stereocenters. The lowest BCUT2D eigenvalue weighted by atomic mass is 9.91. The van der Waals surface area contributed by atoms with E-state index in [-0.39, 0.29) is 10.9 Å². The third-order valence-corrected chi connectivity index (χ3v) is 3.48. The van der Waals surface area contributed by atoms with Gasteiger partial charge in [-0.1, -0.05) is 25.4 Å². The van der Waals surface area contributed by atoms with Crippen molar-refractivity contribution in [3.05, 3.63) is 34.6 Å². The molecule has 98 valence electrons. The number of carbonyl (C=O) groups is 1. The number of carbonyl (C=O) groups excluding carboxylic acids is 1. The number of benzene rings is 1. The molecule has 0 bridgehead atoms. The molecule has 1 aromatic carbocycles. The molecule has 1 saturated heterocycles. The maximum absolute atomic E-state index is 13.3. The van der Waals surface area contributed by atoms with Crippen molar-refractivity contribution in [1.82, 2.24) is 4.90 Å². The molecule has 0 spiro atoms. The fourth-order valence-electron chi connectivity index (χ4n) is 2.69.